The molecule has 80 valence electrons. The molecule has 0 aliphatic heterocycles. The molecule has 0 fully saturated rings. The molecule has 0 aromatic heterocycles. The number of halogens is 1. The van der Waals surface area contributed by atoms with Gasteiger partial charge in [-0.15, -0.1) is 0 Å². The monoisotopic (exact) mass is 270 g/mol. The van der Waals surface area contributed by atoms with Crippen molar-refractivity contribution in [2.75, 3.05) is 6.61 Å². The first-order chi connectivity index (χ1) is 7.09. The fourth-order valence-corrected chi connectivity index (χ4v) is 1.28. The quantitative estimate of drug-likeness (QED) is 0.622. The number of ether oxygens (including phenoxy) is 1. The molecule has 0 aliphatic rings. The van der Waals surface area contributed by atoms with E-state index in [4.69, 9.17) is 4.74 Å². The van der Waals surface area contributed by atoms with Crippen LogP contribution in [0, 0.1) is 0 Å². The Balaban J connectivity index is 2.35. The lowest BCUT2D eigenvalue weighted by Gasteiger charge is -2.02. The first kappa shape index (κ1) is 11.9. The molecule has 0 amide bonds. The highest BCUT2D eigenvalue weighted by Gasteiger charge is 2.07. The van der Waals surface area contributed by atoms with Crippen LogP contribution in [0.3, 0.4) is 0 Å². The van der Waals surface area contributed by atoms with E-state index in [0.717, 1.165) is 10.0 Å². The second-order valence-electron chi connectivity index (χ2n) is 3.07. The molecular weight excluding hydrogens is 260 g/mol. The molecular formula is C11H11BrO3. The maximum atomic E-state index is 10.8. The number of esters is 1. The minimum atomic E-state index is -0.771. The van der Waals surface area contributed by atoms with Gasteiger partial charge in [-0.2, -0.15) is 0 Å². The predicted molar refractivity (Wildman–Crippen MR) is 59.5 cm³/mol. The van der Waals surface area contributed by atoms with Crippen molar-refractivity contribution < 1.29 is 14.3 Å². The minimum absolute atomic E-state index is 0.236. The number of Topliss-reactive ketones (excluding diaryl/α,β-unsaturated/α-hetero) is 1. The average Bonchev–Trinajstić information content (AvgIpc) is 2.20. The zero-order valence-corrected chi connectivity index (χ0v) is 9.91. The average molecular weight is 271 g/mol. The maximum Gasteiger partial charge on any atom is 0.374 e. The van der Waals surface area contributed by atoms with E-state index < -0.39 is 11.8 Å². The molecule has 4 heteroatoms. The van der Waals surface area contributed by atoms with Gasteiger partial charge in [0.1, 0.15) is 0 Å². The summed E-state index contributed by atoms with van der Waals surface area (Å²) < 4.78 is 5.74. The van der Waals surface area contributed by atoms with Gasteiger partial charge in [0, 0.05) is 17.8 Å². The second-order valence-corrected chi connectivity index (χ2v) is 3.98. The van der Waals surface area contributed by atoms with Gasteiger partial charge in [-0.3, -0.25) is 4.79 Å². The molecule has 0 aliphatic carbocycles. The van der Waals surface area contributed by atoms with Crippen LogP contribution in [0.15, 0.2) is 28.7 Å². The molecule has 1 rings (SSSR count). The maximum absolute atomic E-state index is 10.8. The number of carbonyl (C=O) groups excluding carboxylic acids is 2. The van der Waals surface area contributed by atoms with Gasteiger partial charge in [0.05, 0.1) is 6.61 Å². The Bertz CT molecular complexity index is 357. The highest BCUT2D eigenvalue weighted by molar-refractivity contribution is 9.10. The number of carbonyl (C=O) groups is 2. The first-order valence-electron chi connectivity index (χ1n) is 4.51. The van der Waals surface area contributed by atoms with Crippen molar-refractivity contribution >= 4 is 27.7 Å². The van der Waals surface area contributed by atoms with Crippen LogP contribution in [0.5, 0.6) is 0 Å². The van der Waals surface area contributed by atoms with Crippen LogP contribution in [-0.4, -0.2) is 18.4 Å². The van der Waals surface area contributed by atoms with Crippen LogP contribution >= 0.6 is 15.9 Å². The lowest BCUT2D eigenvalue weighted by molar-refractivity contribution is -0.152. The van der Waals surface area contributed by atoms with Gasteiger partial charge >= 0.3 is 5.97 Å². The Kier molecular flexibility index (Phi) is 4.49. The third kappa shape index (κ3) is 4.25. The van der Waals surface area contributed by atoms with Crippen LogP contribution in [-0.2, 0) is 20.7 Å². The zero-order valence-electron chi connectivity index (χ0n) is 8.33. The van der Waals surface area contributed by atoms with Crippen molar-refractivity contribution in [2.45, 2.75) is 13.3 Å². The van der Waals surface area contributed by atoms with E-state index in [9.17, 15) is 9.59 Å². The number of rotatable bonds is 4. The lowest BCUT2D eigenvalue weighted by atomic mass is 10.2. The van der Waals surface area contributed by atoms with E-state index in [1.165, 1.54) is 6.92 Å². The fourth-order valence-electron chi connectivity index (χ4n) is 1.01. The van der Waals surface area contributed by atoms with Gasteiger partial charge in [0.2, 0.25) is 5.78 Å². The molecule has 0 atom stereocenters. The summed E-state index contributed by atoms with van der Waals surface area (Å²) >= 11 is 3.33. The summed E-state index contributed by atoms with van der Waals surface area (Å²) in [7, 11) is 0. The summed E-state index contributed by atoms with van der Waals surface area (Å²) in [6, 6.07) is 7.71. The van der Waals surface area contributed by atoms with Crippen molar-refractivity contribution in [1.29, 1.82) is 0 Å². The smallest absolute Gasteiger partial charge is 0.374 e. The van der Waals surface area contributed by atoms with Crippen LogP contribution < -0.4 is 0 Å². The van der Waals surface area contributed by atoms with Crippen LogP contribution in [0.1, 0.15) is 12.5 Å². The molecule has 3 nitrogen and oxygen atoms in total. The van der Waals surface area contributed by atoms with Gasteiger partial charge in [-0.1, -0.05) is 28.1 Å². The van der Waals surface area contributed by atoms with Crippen molar-refractivity contribution in [2.24, 2.45) is 0 Å². The number of ketones is 1. The van der Waals surface area contributed by atoms with Gasteiger partial charge < -0.3 is 4.74 Å². The lowest BCUT2D eigenvalue weighted by Crippen LogP contribution is -2.15. The highest BCUT2D eigenvalue weighted by Crippen LogP contribution is 2.10. The Labute approximate surface area is 96.6 Å². The minimum Gasteiger partial charge on any atom is -0.460 e. The molecule has 15 heavy (non-hydrogen) atoms. The Hall–Kier alpha value is -1.16. The second kappa shape index (κ2) is 5.66. The van der Waals surface area contributed by atoms with Gasteiger partial charge in [-0.25, -0.2) is 4.79 Å². The first-order valence-corrected chi connectivity index (χ1v) is 5.31. The van der Waals surface area contributed by atoms with E-state index in [1.54, 1.807) is 0 Å². The standard InChI is InChI=1S/C11H11BrO3/c1-8(13)11(14)15-7-6-9-2-4-10(12)5-3-9/h2-5H,6-7H2,1H3. The Morgan fingerprint density at radius 1 is 1.27 bits per heavy atom. The van der Waals surface area contributed by atoms with Crippen LogP contribution in [0.4, 0.5) is 0 Å². The summed E-state index contributed by atoms with van der Waals surface area (Å²) in [5, 5.41) is 0. The molecule has 0 unspecified atom stereocenters. The molecule has 0 spiro atoms. The zero-order chi connectivity index (χ0) is 11.3. The van der Waals surface area contributed by atoms with Crippen LogP contribution in [0.25, 0.3) is 0 Å². The van der Waals surface area contributed by atoms with E-state index in [-0.39, 0.29) is 6.61 Å². The van der Waals surface area contributed by atoms with Crippen molar-refractivity contribution in [3.8, 4) is 0 Å². The normalized spacial score (nSPS) is 9.73. The molecule has 0 saturated heterocycles. The molecule has 0 heterocycles. The summed E-state index contributed by atoms with van der Waals surface area (Å²) in [4.78, 5) is 21.4. The molecule has 1 aromatic carbocycles. The number of hydrogen-bond donors (Lipinski definition) is 0. The van der Waals surface area contributed by atoms with Crippen molar-refractivity contribution in [3.05, 3.63) is 34.3 Å². The molecule has 0 N–H and O–H groups in total. The molecule has 0 radical (unpaired) electrons. The molecule has 0 bridgehead atoms. The topological polar surface area (TPSA) is 43.4 Å². The molecule has 1 aromatic rings. The Morgan fingerprint density at radius 3 is 2.40 bits per heavy atom. The summed E-state index contributed by atoms with van der Waals surface area (Å²) in [6.45, 7) is 1.43. The highest BCUT2D eigenvalue weighted by atomic mass is 79.9. The van der Waals surface area contributed by atoms with E-state index in [1.807, 2.05) is 24.3 Å². The number of benzene rings is 1. The van der Waals surface area contributed by atoms with Crippen molar-refractivity contribution in [3.63, 3.8) is 0 Å². The van der Waals surface area contributed by atoms with Crippen LogP contribution in [0.2, 0.25) is 0 Å². The van der Waals surface area contributed by atoms with Gasteiger partial charge in [0.25, 0.3) is 0 Å². The summed E-state index contributed by atoms with van der Waals surface area (Å²) in [6.07, 6.45) is 0.617. The Morgan fingerprint density at radius 2 is 1.87 bits per heavy atom. The van der Waals surface area contributed by atoms with Gasteiger partial charge in [-0.05, 0) is 17.7 Å². The summed E-state index contributed by atoms with van der Waals surface area (Å²) in [5.41, 5.74) is 1.06. The van der Waals surface area contributed by atoms with Crippen molar-refractivity contribution in [1.82, 2.24) is 0 Å². The predicted octanol–water partition coefficient (Wildman–Crippen LogP) is 2.12. The van der Waals surface area contributed by atoms with E-state index >= 15 is 0 Å². The van der Waals surface area contributed by atoms with Gasteiger partial charge in [0.15, 0.2) is 0 Å². The van der Waals surface area contributed by atoms with E-state index in [0.29, 0.717) is 6.42 Å². The molecule has 0 saturated carbocycles. The largest absolute Gasteiger partial charge is 0.460 e. The SMILES string of the molecule is CC(=O)C(=O)OCCc1ccc(Br)cc1. The third-order valence-electron chi connectivity index (χ3n) is 1.82. The van der Waals surface area contributed by atoms with E-state index in [2.05, 4.69) is 15.9 Å². The third-order valence-corrected chi connectivity index (χ3v) is 2.35. The fraction of sp³-hybridized carbons (Fsp3) is 0.273. The summed E-state index contributed by atoms with van der Waals surface area (Å²) in [5.74, 6) is -1.34. The number of hydrogen-bond acceptors (Lipinski definition) is 3.